The predicted octanol–water partition coefficient (Wildman–Crippen LogP) is 14.9. The van der Waals surface area contributed by atoms with E-state index >= 15 is 0 Å². The lowest BCUT2D eigenvalue weighted by Gasteiger charge is -2.27. The number of fused-ring (bicyclic) bond motifs is 6. The normalized spacial score (nSPS) is 12.3. The molecule has 0 amide bonds. The Labute approximate surface area is 352 Å². The van der Waals surface area contributed by atoms with Crippen LogP contribution in [0.3, 0.4) is 0 Å². The van der Waals surface area contributed by atoms with Crippen LogP contribution in [0, 0.1) is 13.8 Å². The minimum absolute atomic E-state index is 0.108. The van der Waals surface area contributed by atoms with Crippen molar-refractivity contribution in [1.29, 1.82) is 0 Å². The fourth-order valence-corrected chi connectivity index (χ4v) is 9.62. The van der Waals surface area contributed by atoms with E-state index in [4.69, 9.17) is 9.97 Å². The Morgan fingerprint density at radius 3 is 1.23 bits per heavy atom. The van der Waals surface area contributed by atoms with Gasteiger partial charge in [0.15, 0.2) is 0 Å². The molecule has 10 aromatic rings. The average Bonchev–Trinajstić information content (AvgIpc) is 3.76. The number of para-hydroxylation sites is 4. The van der Waals surface area contributed by atoms with Crippen LogP contribution in [0.25, 0.3) is 88.8 Å². The molecule has 294 valence electrons. The highest BCUT2D eigenvalue weighted by Crippen LogP contribution is 2.43. The Bertz CT molecular complexity index is 2980. The van der Waals surface area contributed by atoms with Gasteiger partial charge < -0.3 is 9.13 Å². The van der Waals surface area contributed by atoms with E-state index in [0.29, 0.717) is 0 Å². The second-order valence-corrected chi connectivity index (χ2v) is 18.3. The van der Waals surface area contributed by atoms with Crippen molar-refractivity contribution in [3.05, 3.63) is 180 Å². The Morgan fingerprint density at radius 2 is 0.800 bits per heavy atom. The molecule has 60 heavy (non-hydrogen) atoms. The molecule has 0 unspecified atom stereocenters. The topological polar surface area (TPSA) is 35.6 Å². The van der Waals surface area contributed by atoms with E-state index in [0.717, 1.165) is 28.3 Å². The maximum absolute atomic E-state index is 5.51. The summed E-state index contributed by atoms with van der Waals surface area (Å²) in [4.78, 5) is 10.6. The van der Waals surface area contributed by atoms with Crippen LogP contribution < -0.4 is 0 Å². The van der Waals surface area contributed by atoms with E-state index < -0.39 is 0 Å². The summed E-state index contributed by atoms with van der Waals surface area (Å²) < 4.78 is 4.85. The molecule has 0 spiro atoms. The summed E-state index contributed by atoms with van der Waals surface area (Å²) in [6, 6.07) is 55.0. The smallest absolute Gasteiger partial charge is 0.0715 e. The third-order valence-corrected chi connectivity index (χ3v) is 12.4. The van der Waals surface area contributed by atoms with Gasteiger partial charge in [0.25, 0.3) is 0 Å². The van der Waals surface area contributed by atoms with Crippen molar-refractivity contribution in [2.24, 2.45) is 0 Å². The maximum atomic E-state index is 5.51. The van der Waals surface area contributed by atoms with Gasteiger partial charge in [0.2, 0.25) is 0 Å². The van der Waals surface area contributed by atoms with E-state index in [2.05, 4.69) is 216 Å². The summed E-state index contributed by atoms with van der Waals surface area (Å²) in [5, 5.41) is 5.02. The van der Waals surface area contributed by atoms with Crippen molar-refractivity contribution in [1.82, 2.24) is 19.1 Å². The Balaban J connectivity index is 1.14. The average molecular weight is 779 g/mol. The second kappa shape index (κ2) is 13.9. The Hall–Kier alpha value is -6.78. The lowest BCUT2D eigenvalue weighted by molar-refractivity contribution is 0.591. The monoisotopic (exact) mass is 778 g/mol. The zero-order valence-corrected chi connectivity index (χ0v) is 35.8. The van der Waals surface area contributed by atoms with Gasteiger partial charge in [-0.25, -0.2) is 4.98 Å². The minimum Gasteiger partial charge on any atom is -0.309 e. The summed E-state index contributed by atoms with van der Waals surface area (Å²) in [6.07, 6.45) is 1.95. The third kappa shape index (κ3) is 5.96. The van der Waals surface area contributed by atoms with Crippen LogP contribution in [-0.2, 0) is 10.8 Å². The lowest BCUT2D eigenvalue weighted by atomic mass is 9.80. The molecule has 0 radical (unpaired) electrons. The Kier molecular flexibility index (Phi) is 8.69. The van der Waals surface area contributed by atoms with Crippen LogP contribution in [0.2, 0.25) is 0 Å². The van der Waals surface area contributed by atoms with Crippen LogP contribution in [0.1, 0.15) is 63.8 Å². The first kappa shape index (κ1) is 37.5. The highest BCUT2D eigenvalue weighted by molar-refractivity contribution is 6.10. The zero-order valence-electron chi connectivity index (χ0n) is 35.8. The van der Waals surface area contributed by atoms with Crippen LogP contribution in [0.5, 0.6) is 0 Å². The number of hydrogen-bond acceptors (Lipinski definition) is 2. The van der Waals surface area contributed by atoms with Gasteiger partial charge in [-0.15, -0.1) is 0 Å². The minimum atomic E-state index is -0.114. The first-order chi connectivity index (χ1) is 28.9. The van der Waals surface area contributed by atoms with Crippen molar-refractivity contribution in [3.8, 4) is 45.1 Å². The van der Waals surface area contributed by atoms with Gasteiger partial charge in [-0.05, 0) is 108 Å². The van der Waals surface area contributed by atoms with E-state index in [1.54, 1.807) is 0 Å². The predicted molar refractivity (Wildman–Crippen MR) is 254 cm³/mol. The fraction of sp³-hybridized carbons (Fsp3) is 0.179. The lowest BCUT2D eigenvalue weighted by Crippen LogP contribution is -2.15. The fourth-order valence-electron chi connectivity index (χ4n) is 9.62. The summed E-state index contributed by atoms with van der Waals surface area (Å²) in [5.41, 5.74) is 18.1. The molecule has 0 aliphatic carbocycles. The molecule has 0 fully saturated rings. The third-order valence-electron chi connectivity index (χ3n) is 12.4. The maximum Gasteiger partial charge on any atom is 0.0715 e. The zero-order chi connectivity index (χ0) is 41.5. The quantitative estimate of drug-likeness (QED) is 0.174. The number of pyridine rings is 2. The van der Waals surface area contributed by atoms with Gasteiger partial charge in [0.05, 0.1) is 39.1 Å². The Morgan fingerprint density at radius 1 is 0.400 bits per heavy atom. The van der Waals surface area contributed by atoms with Crippen LogP contribution in [-0.4, -0.2) is 19.1 Å². The number of rotatable bonds is 5. The van der Waals surface area contributed by atoms with Gasteiger partial charge in [0, 0.05) is 55.8 Å². The molecule has 0 saturated heterocycles. The largest absolute Gasteiger partial charge is 0.309 e. The molecule has 10 rings (SSSR count). The molecule has 0 N–H and O–H groups in total. The van der Waals surface area contributed by atoms with Gasteiger partial charge in [0.1, 0.15) is 0 Å². The molecule has 0 saturated carbocycles. The van der Waals surface area contributed by atoms with Crippen LogP contribution in [0.15, 0.2) is 158 Å². The molecular formula is C56H50N4. The number of benzene rings is 6. The van der Waals surface area contributed by atoms with E-state index in [-0.39, 0.29) is 10.8 Å². The molecule has 0 bridgehead atoms. The van der Waals surface area contributed by atoms with E-state index in [9.17, 15) is 0 Å². The van der Waals surface area contributed by atoms with Crippen molar-refractivity contribution in [3.63, 3.8) is 0 Å². The standard InChI is InChI=1S/C56H50N4/c1-35-47(59-49-24-13-9-18-38(49)39-19-10-14-25-50(39)59)30-28-42(55(3,4)5)53(35)45-23-17-22-44(58-45)37-32-33-57-46(34-37)54-36(2)48(31-29-43(54)56(6,7)8)60-51-26-15-11-20-40(51)41-21-12-16-27-52(41)60/h9-34H,1-8H3. The van der Waals surface area contributed by atoms with Crippen LogP contribution >= 0.6 is 0 Å². The van der Waals surface area contributed by atoms with Crippen LogP contribution in [0.4, 0.5) is 0 Å². The van der Waals surface area contributed by atoms with Gasteiger partial charge in [-0.2, -0.15) is 0 Å². The number of nitrogens with zero attached hydrogens (tertiary/aromatic N) is 4. The number of aromatic nitrogens is 4. The molecule has 4 aromatic heterocycles. The molecule has 0 aliphatic rings. The summed E-state index contributed by atoms with van der Waals surface area (Å²) >= 11 is 0. The van der Waals surface area contributed by atoms with Crippen molar-refractivity contribution < 1.29 is 0 Å². The van der Waals surface area contributed by atoms with E-state index in [1.807, 2.05) is 6.20 Å². The molecule has 6 aromatic carbocycles. The van der Waals surface area contributed by atoms with Gasteiger partial charge in [-0.3, -0.25) is 4.98 Å². The highest BCUT2D eigenvalue weighted by Gasteiger charge is 2.27. The SMILES string of the molecule is Cc1c(-n2c3ccccc3c3ccccc32)ccc(C(C)(C)C)c1-c1cc(-c2cccc(-c3c(C(C)(C)C)ccc(-n4c5ccccc5c5ccccc54)c3C)n2)ccn1. The first-order valence-corrected chi connectivity index (χ1v) is 21.1. The summed E-state index contributed by atoms with van der Waals surface area (Å²) in [7, 11) is 0. The molecule has 4 heteroatoms. The van der Waals surface area contributed by atoms with Gasteiger partial charge in [-0.1, -0.05) is 133 Å². The molecule has 4 nitrogen and oxygen atoms in total. The molecular weight excluding hydrogens is 729 g/mol. The molecule has 0 aliphatic heterocycles. The molecule has 0 atom stereocenters. The summed E-state index contributed by atoms with van der Waals surface area (Å²) in [5.74, 6) is 0. The first-order valence-electron chi connectivity index (χ1n) is 21.1. The van der Waals surface area contributed by atoms with Gasteiger partial charge >= 0.3 is 0 Å². The molecule has 4 heterocycles. The highest BCUT2D eigenvalue weighted by atomic mass is 15.0. The van der Waals surface area contributed by atoms with E-state index in [1.165, 1.54) is 82.7 Å². The second-order valence-electron chi connectivity index (χ2n) is 18.3. The number of hydrogen-bond donors (Lipinski definition) is 0. The van der Waals surface area contributed by atoms with Crippen molar-refractivity contribution in [2.45, 2.75) is 66.2 Å². The van der Waals surface area contributed by atoms with Crippen molar-refractivity contribution in [2.75, 3.05) is 0 Å². The summed E-state index contributed by atoms with van der Waals surface area (Å²) in [6.45, 7) is 18.3. The van der Waals surface area contributed by atoms with Crippen molar-refractivity contribution >= 4 is 43.6 Å².